The zero-order valence-electron chi connectivity index (χ0n) is 9.44. The van der Waals surface area contributed by atoms with Crippen LogP contribution in [0.15, 0.2) is 6.07 Å². The van der Waals surface area contributed by atoms with Gasteiger partial charge in [0.25, 0.3) is 12.3 Å². The zero-order valence-corrected chi connectivity index (χ0v) is 9.44. The highest BCUT2D eigenvalue weighted by Gasteiger charge is 2.41. The number of ether oxygens (including phenoxy) is 2. The predicted molar refractivity (Wildman–Crippen MR) is 47.4 cm³/mol. The SMILES string of the molecule is COc1nc(C(F)(F)F)c(C(F)F)cc1OC(F)(F)F. The first-order valence-electron chi connectivity index (χ1n) is 4.65. The number of pyridine rings is 1. The molecule has 1 heterocycles. The highest BCUT2D eigenvalue weighted by molar-refractivity contribution is 5.41. The zero-order chi connectivity index (χ0) is 15.7. The smallest absolute Gasteiger partial charge is 0.478 e. The number of aromatic nitrogens is 1. The van der Waals surface area contributed by atoms with Crippen molar-refractivity contribution < 1.29 is 44.6 Å². The maximum Gasteiger partial charge on any atom is 0.573 e. The summed E-state index contributed by atoms with van der Waals surface area (Å²) in [7, 11) is 0.716. The molecular weight excluding hydrogens is 306 g/mol. The maximum atomic E-state index is 12.5. The summed E-state index contributed by atoms with van der Waals surface area (Å²) < 4.78 is 106. The fourth-order valence-electron chi connectivity index (χ4n) is 1.23. The first-order chi connectivity index (χ1) is 8.95. The lowest BCUT2D eigenvalue weighted by molar-refractivity contribution is -0.275. The van der Waals surface area contributed by atoms with Crippen molar-refractivity contribution in [3.8, 4) is 11.6 Å². The molecule has 0 bridgehead atoms. The molecule has 0 aliphatic rings. The Labute approximate surface area is 106 Å². The molecule has 3 nitrogen and oxygen atoms in total. The van der Waals surface area contributed by atoms with Gasteiger partial charge in [0.1, 0.15) is 0 Å². The highest BCUT2D eigenvalue weighted by Crippen LogP contribution is 2.41. The Morgan fingerprint density at radius 3 is 2.00 bits per heavy atom. The van der Waals surface area contributed by atoms with Gasteiger partial charge in [0, 0.05) is 0 Å². The molecule has 1 rings (SSSR count). The van der Waals surface area contributed by atoms with E-state index in [0.717, 1.165) is 0 Å². The first kappa shape index (κ1) is 16.2. The minimum absolute atomic E-state index is 0.104. The average molecular weight is 311 g/mol. The molecule has 0 radical (unpaired) electrons. The van der Waals surface area contributed by atoms with Gasteiger partial charge in [-0.2, -0.15) is 13.2 Å². The van der Waals surface area contributed by atoms with Gasteiger partial charge in [0.15, 0.2) is 11.4 Å². The van der Waals surface area contributed by atoms with Crippen molar-refractivity contribution in [1.29, 1.82) is 0 Å². The second-order valence-corrected chi connectivity index (χ2v) is 3.28. The van der Waals surface area contributed by atoms with Crippen LogP contribution in [-0.4, -0.2) is 18.5 Å². The summed E-state index contributed by atoms with van der Waals surface area (Å²) in [6.45, 7) is 0. The van der Waals surface area contributed by atoms with Crippen LogP contribution in [0.3, 0.4) is 0 Å². The summed E-state index contributed by atoms with van der Waals surface area (Å²) in [6.07, 6.45) is -14.3. The van der Waals surface area contributed by atoms with Crippen LogP contribution in [0.4, 0.5) is 35.1 Å². The van der Waals surface area contributed by atoms with Gasteiger partial charge in [0.05, 0.1) is 12.7 Å². The van der Waals surface area contributed by atoms with Crippen LogP contribution >= 0.6 is 0 Å². The quantitative estimate of drug-likeness (QED) is 0.792. The minimum Gasteiger partial charge on any atom is -0.478 e. The molecule has 0 saturated carbocycles. The van der Waals surface area contributed by atoms with Crippen molar-refractivity contribution in [2.24, 2.45) is 0 Å². The molecule has 0 N–H and O–H groups in total. The Morgan fingerprint density at radius 2 is 1.65 bits per heavy atom. The number of methoxy groups -OCH3 is 1. The third-order valence-electron chi connectivity index (χ3n) is 1.91. The summed E-state index contributed by atoms with van der Waals surface area (Å²) in [4.78, 5) is 2.62. The van der Waals surface area contributed by atoms with E-state index in [-0.39, 0.29) is 6.07 Å². The molecule has 0 aromatic carbocycles. The first-order valence-corrected chi connectivity index (χ1v) is 4.65. The molecule has 0 aliphatic heterocycles. The van der Waals surface area contributed by atoms with E-state index in [1.807, 2.05) is 0 Å². The van der Waals surface area contributed by atoms with Crippen LogP contribution in [0.2, 0.25) is 0 Å². The Balaban J connectivity index is 3.45. The topological polar surface area (TPSA) is 31.4 Å². The Hall–Kier alpha value is -1.81. The fraction of sp³-hybridized carbons (Fsp3) is 0.444. The van der Waals surface area contributed by atoms with Crippen molar-refractivity contribution in [2.75, 3.05) is 7.11 Å². The largest absolute Gasteiger partial charge is 0.573 e. The van der Waals surface area contributed by atoms with E-state index in [4.69, 9.17) is 0 Å². The standard InChI is InChI=1S/C9H5F8NO2/c1-19-7-4(20-9(15,16)17)2-3(6(10)11)5(18-7)8(12,13)14/h2,6H,1H3. The summed E-state index contributed by atoms with van der Waals surface area (Å²) in [5.74, 6) is -2.60. The van der Waals surface area contributed by atoms with Crippen LogP contribution in [-0.2, 0) is 6.18 Å². The molecular formula is C9H5F8NO2. The molecule has 0 saturated heterocycles. The summed E-state index contributed by atoms with van der Waals surface area (Å²) in [6, 6.07) is -0.104. The summed E-state index contributed by atoms with van der Waals surface area (Å²) in [5.41, 5.74) is -3.78. The highest BCUT2D eigenvalue weighted by atomic mass is 19.4. The van der Waals surface area contributed by atoms with E-state index in [9.17, 15) is 35.1 Å². The van der Waals surface area contributed by atoms with Gasteiger partial charge in [0.2, 0.25) is 0 Å². The Kier molecular flexibility index (Phi) is 4.30. The van der Waals surface area contributed by atoms with Gasteiger partial charge in [-0.25, -0.2) is 13.8 Å². The number of hydrogen-bond acceptors (Lipinski definition) is 3. The third-order valence-corrected chi connectivity index (χ3v) is 1.91. The van der Waals surface area contributed by atoms with Gasteiger partial charge in [-0.15, -0.1) is 13.2 Å². The Morgan fingerprint density at radius 1 is 1.10 bits per heavy atom. The van der Waals surface area contributed by atoms with Crippen molar-refractivity contribution in [3.63, 3.8) is 0 Å². The lowest BCUT2D eigenvalue weighted by Gasteiger charge is -2.16. The van der Waals surface area contributed by atoms with Crippen LogP contribution in [0.5, 0.6) is 11.6 Å². The van der Waals surface area contributed by atoms with Gasteiger partial charge in [-0.3, -0.25) is 0 Å². The second-order valence-electron chi connectivity index (χ2n) is 3.28. The molecule has 0 atom stereocenters. The molecule has 20 heavy (non-hydrogen) atoms. The van der Waals surface area contributed by atoms with Crippen molar-refractivity contribution >= 4 is 0 Å². The van der Waals surface area contributed by atoms with E-state index in [1.165, 1.54) is 0 Å². The lowest BCUT2D eigenvalue weighted by Crippen LogP contribution is -2.20. The van der Waals surface area contributed by atoms with Crippen molar-refractivity contribution in [2.45, 2.75) is 19.0 Å². The molecule has 1 aromatic heterocycles. The third kappa shape index (κ3) is 3.84. The van der Waals surface area contributed by atoms with Crippen molar-refractivity contribution in [3.05, 3.63) is 17.3 Å². The van der Waals surface area contributed by atoms with Gasteiger partial charge in [-0.05, 0) is 6.07 Å². The molecule has 0 amide bonds. The van der Waals surface area contributed by atoms with Crippen LogP contribution < -0.4 is 9.47 Å². The van der Waals surface area contributed by atoms with E-state index in [1.54, 1.807) is 0 Å². The molecule has 0 aliphatic carbocycles. The lowest BCUT2D eigenvalue weighted by atomic mass is 10.2. The minimum atomic E-state index is -5.30. The van der Waals surface area contributed by atoms with E-state index in [0.29, 0.717) is 7.11 Å². The normalized spacial score (nSPS) is 12.7. The second kappa shape index (κ2) is 5.29. The van der Waals surface area contributed by atoms with Gasteiger partial charge < -0.3 is 9.47 Å². The van der Waals surface area contributed by atoms with Gasteiger partial charge in [-0.1, -0.05) is 0 Å². The number of hydrogen-bond donors (Lipinski definition) is 0. The fourth-order valence-corrected chi connectivity index (χ4v) is 1.23. The molecule has 0 spiro atoms. The number of halogens is 8. The monoisotopic (exact) mass is 311 g/mol. The molecule has 114 valence electrons. The number of alkyl halides is 8. The van der Waals surface area contributed by atoms with Crippen LogP contribution in [0, 0.1) is 0 Å². The van der Waals surface area contributed by atoms with Crippen molar-refractivity contribution in [1.82, 2.24) is 4.98 Å². The molecule has 11 heteroatoms. The maximum absolute atomic E-state index is 12.5. The van der Waals surface area contributed by atoms with E-state index in [2.05, 4.69) is 14.5 Å². The number of rotatable bonds is 3. The molecule has 1 aromatic rings. The number of nitrogens with zero attached hydrogens (tertiary/aromatic N) is 1. The van der Waals surface area contributed by atoms with Crippen LogP contribution in [0.1, 0.15) is 17.7 Å². The molecule has 0 fully saturated rings. The average Bonchev–Trinajstić information content (AvgIpc) is 2.24. The predicted octanol–water partition coefficient (Wildman–Crippen LogP) is 3.95. The van der Waals surface area contributed by atoms with Gasteiger partial charge >= 0.3 is 12.5 Å². The summed E-state index contributed by atoms with van der Waals surface area (Å²) in [5, 5.41) is 0. The summed E-state index contributed by atoms with van der Waals surface area (Å²) >= 11 is 0. The van der Waals surface area contributed by atoms with E-state index >= 15 is 0 Å². The Bertz CT molecular complexity index is 482. The van der Waals surface area contributed by atoms with Crippen LogP contribution in [0.25, 0.3) is 0 Å². The molecule has 0 unspecified atom stereocenters. The van der Waals surface area contributed by atoms with E-state index < -0.39 is 41.9 Å².